The largest absolute Gasteiger partial charge is 0.381 e. The predicted molar refractivity (Wildman–Crippen MR) is 125 cm³/mol. The summed E-state index contributed by atoms with van der Waals surface area (Å²) in [6.07, 6.45) is 2.73. The van der Waals surface area contributed by atoms with E-state index in [0.29, 0.717) is 46.1 Å². The molecule has 10 heteroatoms. The molecule has 0 aliphatic carbocycles. The minimum absolute atomic E-state index is 0.0989. The number of fused-ring (bicyclic) bond motifs is 5. The molecule has 5 rings (SSSR count). The zero-order chi connectivity index (χ0) is 22.4. The summed E-state index contributed by atoms with van der Waals surface area (Å²) in [5.74, 6) is -0.190. The normalized spacial score (nSPS) is 13.2. The number of benzene rings is 1. The SMILES string of the molecule is C=CC(=O)Nc1cc(-c2cnc3c(ccc4sc5c(c43)NCCNC5=O)n2)cc(=O)n1C. The minimum atomic E-state index is -0.418. The van der Waals surface area contributed by atoms with Gasteiger partial charge in [-0.3, -0.25) is 23.9 Å². The second-order valence-corrected chi connectivity index (χ2v) is 8.32. The molecule has 4 aromatic rings. The van der Waals surface area contributed by atoms with Crippen LogP contribution in [0.4, 0.5) is 11.5 Å². The van der Waals surface area contributed by atoms with Gasteiger partial charge in [-0.25, -0.2) is 4.98 Å². The van der Waals surface area contributed by atoms with Gasteiger partial charge in [-0.2, -0.15) is 0 Å². The van der Waals surface area contributed by atoms with E-state index >= 15 is 0 Å². The Labute approximate surface area is 185 Å². The number of nitrogens with zero attached hydrogens (tertiary/aromatic N) is 3. The lowest BCUT2D eigenvalue weighted by atomic mass is 10.1. The zero-order valence-electron chi connectivity index (χ0n) is 17.1. The Morgan fingerprint density at radius 1 is 1.25 bits per heavy atom. The van der Waals surface area contributed by atoms with Gasteiger partial charge in [-0.05, 0) is 24.3 Å². The molecule has 0 saturated heterocycles. The summed E-state index contributed by atoms with van der Waals surface area (Å²) in [6.45, 7) is 4.61. The monoisotopic (exact) mass is 446 g/mol. The van der Waals surface area contributed by atoms with Crippen LogP contribution in [-0.2, 0) is 11.8 Å². The number of pyridine rings is 1. The average molecular weight is 446 g/mol. The molecule has 3 aromatic heterocycles. The molecule has 0 fully saturated rings. The summed E-state index contributed by atoms with van der Waals surface area (Å²) in [7, 11) is 1.57. The molecule has 0 unspecified atom stereocenters. The van der Waals surface area contributed by atoms with E-state index in [0.717, 1.165) is 21.8 Å². The van der Waals surface area contributed by atoms with Crippen LogP contribution in [0.25, 0.3) is 32.4 Å². The number of aromatic nitrogens is 3. The Kier molecular flexibility index (Phi) is 4.71. The molecule has 3 N–H and O–H groups in total. The summed E-state index contributed by atoms with van der Waals surface area (Å²) in [5.41, 5.74) is 2.82. The highest BCUT2D eigenvalue weighted by Crippen LogP contribution is 2.40. The highest BCUT2D eigenvalue weighted by Gasteiger charge is 2.23. The van der Waals surface area contributed by atoms with Crippen molar-refractivity contribution in [2.45, 2.75) is 0 Å². The van der Waals surface area contributed by atoms with Gasteiger partial charge >= 0.3 is 0 Å². The maximum Gasteiger partial charge on any atom is 0.263 e. The molecule has 0 saturated carbocycles. The lowest BCUT2D eigenvalue weighted by molar-refractivity contribution is -0.111. The highest BCUT2D eigenvalue weighted by atomic mass is 32.1. The standard InChI is InChI=1S/C22H18N6O3S/c1-3-16(29)27-15-8-11(9-17(30)28(15)2)13-10-25-19-12(26-13)4-5-14-18(19)20-21(32-14)22(31)24-7-6-23-20/h3-5,8-10,23H,1,6-7H2,2H3,(H,24,31)(H,27,29). The number of rotatable bonds is 3. The van der Waals surface area contributed by atoms with E-state index in [2.05, 4.69) is 27.5 Å². The summed E-state index contributed by atoms with van der Waals surface area (Å²) >= 11 is 1.42. The Balaban J connectivity index is 1.66. The molecule has 4 heterocycles. The van der Waals surface area contributed by atoms with Crippen LogP contribution in [0.15, 0.2) is 47.9 Å². The average Bonchev–Trinajstić information content (AvgIpc) is 3.08. The number of thiophene rings is 1. The number of nitrogens with one attached hydrogen (secondary N) is 3. The van der Waals surface area contributed by atoms with E-state index in [1.165, 1.54) is 22.0 Å². The maximum atomic E-state index is 12.4. The quantitative estimate of drug-likeness (QED) is 0.416. The lowest BCUT2D eigenvalue weighted by Crippen LogP contribution is -2.24. The van der Waals surface area contributed by atoms with E-state index < -0.39 is 5.91 Å². The first-order valence-electron chi connectivity index (χ1n) is 9.85. The molecule has 32 heavy (non-hydrogen) atoms. The van der Waals surface area contributed by atoms with Crippen LogP contribution in [0.3, 0.4) is 0 Å². The van der Waals surface area contributed by atoms with Crippen LogP contribution in [-0.4, -0.2) is 39.4 Å². The van der Waals surface area contributed by atoms with Gasteiger partial charge in [0, 0.05) is 41.9 Å². The van der Waals surface area contributed by atoms with Crippen LogP contribution in [0, 0.1) is 0 Å². The Morgan fingerprint density at radius 3 is 2.88 bits per heavy atom. The smallest absolute Gasteiger partial charge is 0.263 e. The molecule has 2 amide bonds. The van der Waals surface area contributed by atoms with Crippen molar-refractivity contribution < 1.29 is 9.59 Å². The van der Waals surface area contributed by atoms with Crippen molar-refractivity contribution in [1.82, 2.24) is 19.9 Å². The number of carbonyl (C=O) groups excluding carboxylic acids is 2. The molecule has 160 valence electrons. The van der Waals surface area contributed by atoms with E-state index in [1.807, 2.05) is 12.1 Å². The predicted octanol–water partition coefficient (Wildman–Crippen LogP) is 2.49. The van der Waals surface area contributed by atoms with Crippen LogP contribution in [0.1, 0.15) is 9.67 Å². The van der Waals surface area contributed by atoms with E-state index in [4.69, 9.17) is 4.98 Å². The van der Waals surface area contributed by atoms with Crippen molar-refractivity contribution >= 4 is 55.8 Å². The summed E-state index contributed by atoms with van der Waals surface area (Å²) in [4.78, 5) is 46.5. The molecule has 0 radical (unpaired) electrons. The number of hydrogen-bond donors (Lipinski definition) is 3. The van der Waals surface area contributed by atoms with Crippen molar-refractivity contribution in [2.75, 3.05) is 23.7 Å². The fraction of sp³-hybridized carbons (Fsp3) is 0.136. The third-order valence-corrected chi connectivity index (χ3v) is 6.43. The highest BCUT2D eigenvalue weighted by molar-refractivity contribution is 7.21. The van der Waals surface area contributed by atoms with E-state index in [1.54, 1.807) is 19.3 Å². The molecule has 0 bridgehead atoms. The third kappa shape index (κ3) is 3.21. The number of hydrogen-bond acceptors (Lipinski definition) is 7. The molecular formula is C22H18N6O3S. The molecule has 0 atom stereocenters. The van der Waals surface area contributed by atoms with Gasteiger partial charge in [0.1, 0.15) is 10.7 Å². The molecule has 1 aliphatic rings. The molecule has 9 nitrogen and oxygen atoms in total. The zero-order valence-corrected chi connectivity index (χ0v) is 17.9. The van der Waals surface area contributed by atoms with E-state index in [9.17, 15) is 14.4 Å². The van der Waals surface area contributed by atoms with Crippen molar-refractivity contribution in [2.24, 2.45) is 7.05 Å². The van der Waals surface area contributed by atoms with Crippen molar-refractivity contribution in [3.63, 3.8) is 0 Å². The van der Waals surface area contributed by atoms with Gasteiger partial charge in [0.05, 0.1) is 28.6 Å². The van der Waals surface area contributed by atoms with Crippen molar-refractivity contribution in [3.05, 3.63) is 58.3 Å². The topological polar surface area (TPSA) is 118 Å². The summed E-state index contributed by atoms with van der Waals surface area (Å²) < 4.78 is 2.28. The molecular weight excluding hydrogens is 428 g/mol. The fourth-order valence-corrected chi connectivity index (χ4v) is 4.76. The summed E-state index contributed by atoms with van der Waals surface area (Å²) in [5, 5.41) is 9.70. The van der Waals surface area contributed by atoms with Gasteiger partial charge in [0.15, 0.2) is 0 Å². The Hall–Kier alpha value is -4.05. The molecule has 1 aliphatic heterocycles. The summed E-state index contributed by atoms with van der Waals surface area (Å²) in [6, 6.07) is 6.88. The first kappa shape index (κ1) is 19.9. The van der Waals surface area contributed by atoms with Gasteiger partial charge < -0.3 is 16.0 Å². The Morgan fingerprint density at radius 2 is 2.06 bits per heavy atom. The molecule has 1 aromatic carbocycles. The van der Waals surface area contributed by atoms with Gasteiger partial charge in [-0.15, -0.1) is 11.3 Å². The Bertz CT molecular complexity index is 1500. The second-order valence-electron chi connectivity index (χ2n) is 7.27. The fourth-order valence-electron chi connectivity index (χ4n) is 3.66. The number of anilines is 2. The van der Waals surface area contributed by atoms with Crippen LogP contribution >= 0.6 is 11.3 Å². The first-order chi connectivity index (χ1) is 15.5. The van der Waals surface area contributed by atoms with Gasteiger partial charge in [0.25, 0.3) is 11.5 Å². The van der Waals surface area contributed by atoms with Gasteiger partial charge in [-0.1, -0.05) is 6.58 Å². The minimum Gasteiger partial charge on any atom is -0.381 e. The van der Waals surface area contributed by atoms with Crippen LogP contribution in [0.5, 0.6) is 0 Å². The first-order valence-corrected chi connectivity index (χ1v) is 10.7. The third-order valence-electron chi connectivity index (χ3n) is 5.28. The van der Waals surface area contributed by atoms with Gasteiger partial charge in [0.2, 0.25) is 5.91 Å². The van der Waals surface area contributed by atoms with Crippen LogP contribution in [0.2, 0.25) is 0 Å². The van der Waals surface area contributed by atoms with E-state index in [-0.39, 0.29) is 11.5 Å². The van der Waals surface area contributed by atoms with Crippen molar-refractivity contribution in [3.8, 4) is 11.3 Å². The maximum absolute atomic E-state index is 12.4. The second kappa shape index (κ2) is 7.57. The number of carbonyl (C=O) groups is 2. The van der Waals surface area contributed by atoms with Crippen LogP contribution < -0.4 is 21.5 Å². The molecule has 0 spiro atoms. The van der Waals surface area contributed by atoms with Crippen molar-refractivity contribution in [1.29, 1.82) is 0 Å². The lowest BCUT2D eigenvalue weighted by Gasteiger charge is -2.11. The number of amides is 2.